The van der Waals surface area contributed by atoms with Gasteiger partial charge in [-0.1, -0.05) is 30.3 Å². The number of hydrogen-bond acceptors (Lipinski definition) is 4. The lowest BCUT2D eigenvalue weighted by atomic mass is 10.2. The molecular weight excluding hydrogens is 282 g/mol. The van der Waals surface area contributed by atoms with Crippen LogP contribution >= 0.6 is 11.8 Å². The molecule has 4 nitrogen and oxygen atoms in total. The Balaban J connectivity index is 1.87. The summed E-state index contributed by atoms with van der Waals surface area (Å²) in [6.45, 7) is 0.0707. The topological polar surface area (TPSA) is 59.2 Å². The molecular formula is C13H15NO3S2. The number of thioether (sulfide) groups is 1. The third kappa shape index (κ3) is 5.10. The van der Waals surface area contributed by atoms with Gasteiger partial charge in [-0.2, -0.15) is 8.42 Å². The molecule has 2 rings (SSSR count). The average molecular weight is 297 g/mol. The number of nitrogens with one attached hydrogen (secondary N) is 1. The van der Waals surface area contributed by atoms with Crippen molar-refractivity contribution in [2.45, 2.75) is 17.4 Å². The van der Waals surface area contributed by atoms with Crippen LogP contribution in [-0.2, 0) is 26.7 Å². The van der Waals surface area contributed by atoms with Crippen molar-refractivity contribution in [3.8, 4) is 0 Å². The first-order valence-corrected chi connectivity index (χ1v) is 8.51. The SMILES string of the molecule is CS(=O)(=O)OCc1c[nH]c(SCc2ccccc2)c1. The Morgan fingerprint density at radius 1 is 1.21 bits per heavy atom. The summed E-state index contributed by atoms with van der Waals surface area (Å²) >= 11 is 1.67. The van der Waals surface area contributed by atoms with Crippen molar-refractivity contribution >= 4 is 21.9 Å². The van der Waals surface area contributed by atoms with Crippen LogP contribution in [0.15, 0.2) is 47.6 Å². The average Bonchev–Trinajstić information content (AvgIpc) is 2.82. The molecule has 1 aromatic carbocycles. The Morgan fingerprint density at radius 2 is 1.95 bits per heavy atom. The van der Waals surface area contributed by atoms with Gasteiger partial charge in [0.25, 0.3) is 10.1 Å². The zero-order chi connectivity index (χ0) is 13.7. The fourth-order valence-electron chi connectivity index (χ4n) is 1.49. The van der Waals surface area contributed by atoms with Crippen LogP contribution in [0.3, 0.4) is 0 Å². The van der Waals surface area contributed by atoms with Crippen molar-refractivity contribution in [2.24, 2.45) is 0 Å². The highest BCUT2D eigenvalue weighted by molar-refractivity contribution is 7.98. The zero-order valence-corrected chi connectivity index (χ0v) is 12.1. The predicted octanol–water partition coefficient (Wildman–Crippen LogP) is 2.78. The second kappa shape index (κ2) is 6.27. The van der Waals surface area contributed by atoms with Crippen molar-refractivity contribution in [3.63, 3.8) is 0 Å². The van der Waals surface area contributed by atoms with Crippen LogP contribution in [0.4, 0.5) is 0 Å². The molecule has 0 bridgehead atoms. The number of benzene rings is 1. The maximum Gasteiger partial charge on any atom is 0.264 e. The second-order valence-electron chi connectivity index (χ2n) is 4.11. The summed E-state index contributed by atoms with van der Waals surface area (Å²) in [6.07, 6.45) is 2.81. The monoisotopic (exact) mass is 297 g/mol. The lowest BCUT2D eigenvalue weighted by Gasteiger charge is -1.99. The van der Waals surface area contributed by atoms with Crippen LogP contribution < -0.4 is 0 Å². The summed E-state index contributed by atoms with van der Waals surface area (Å²) in [6, 6.07) is 12.1. The van der Waals surface area contributed by atoms with E-state index in [4.69, 9.17) is 4.18 Å². The molecule has 0 radical (unpaired) electrons. The summed E-state index contributed by atoms with van der Waals surface area (Å²) in [5.74, 6) is 0.869. The summed E-state index contributed by atoms with van der Waals surface area (Å²) in [4.78, 5) is 3.10. The number of hydrogen-bond donors (Lipinski definition) is 1. The van der Waals surface area contributed by atoms with Gasteiger partial charge in [-0.15, -0.1) is 11.8 Å². The molecule has 1 N–H and O–H groups in total. The van der Waals surface area contributed by atoms with E-state index in [2.05, 4.69) is 17.1 Å². The van der Waals surface area contributed by atoms with Crippen molar-refractivity contribution in [3.05, 3.63) is 53.7 Å². The van der Waals surface area contributed by atoms with Crippen LogP contribution in [0.5, 0.6) is 0 Å². The van der Waals surface area contributed by atoms with Crippen LogP contribution in [0, 0.1) is 0 Å². The number of H-pyrrole nitrogens is 1. The molecule has 6 heteroatoms. The molecule has 0 atom stereocenters. The lowest BCUT2D eigenvalue weighted by Crippen LogP contribution is -2.01. The molecule has 0 unspecified atom stereocenters. The molecule has 1 heterocycles. The maximum atomic E-state index is 10.9. The van der Waals surface area contributed by atoms with E-state index >= 15 is 0 Å². The molecule has 2 aromatic rings. The van der Waals surface area contributed by atoms with Gasteiger partial charge in [0.1, 0.15) is 0 Å². The molecule has 19 heavy (non-hydrogen) atoms. The van der Waals surface area contributed by atoms with Gasteiger partial charge in [-0.25, -0.2) is 0 Å². The summed E-state index contributed by atoms with van der Waals surface area (Å²) in [5, 5.41) is 0.996. The molecule has 0 spiro atoms. The highest BCUT2D eigenvalue weighted by Gasteiger charge is 2.05. The largest absolute Gasteiger partial charge is 0.356 e. The first-order valence-electron chi connectivity index (χ1n) is 5.71. The van der Waals surface area contributed by atoms with E-state index in [1.807, 2.05) is 24.3 Å². The Morgan fingerprint density at radius 3 is 2.63 bits per heavy atom. The molecule has 0 aliphatic carbocycles. The molecule has 0 amide bonds. The van der Waals surface area contributed by atoms with Crippen molar-refractivity contribution < 1.29 is 12.6 Å². The van der Waals surface area contributed by atoms with E-state index in [9.17, 15) is 8.42 Å². The molecule has 102 valence electrons. The zero-order valence-electron chi connectivity index (χ0n) is 10.5. The minimum absolute atomic E-state index is 0.0707. The Bertz CT molecular complexity index is 620. The van der Waals surface area contributed by atoms with Gasteiger partial charge in [0.15, 0.2) is 0 Å². The van der Waals surface area contributed by atoms with Gasteiger partial charge < -0.3 is 4.98 Å². The highest BCUT2D eigenvalue weighted by Crippen LogP contribution is 2.22. The number of aromatic nitrogens is 1. The maximum absolute atomic E-state index is 10.9. The van der Waals surface area contributed by atoms with E-state index in [1.54, 1.807) is 18.0 Å². The van der Waals surface area contributed by atoms with Gasteiger partial charge in [0.2, 0.25) is 0 Å². The van der Waals surface area contributed by atoms with Gasteiger partial charge in [-0.3, -0.25) is 4.18 Å². The summed E-state index contributed by atoms with van der Waals surface area (Å²) in [7, 11) is -3.39. The molecule has 0 fully saturated rings. The standard InChI is InChI=1S/C13H15NO3S2/c1-19(15,16)17-9-12-7-13(14-8-12)18-10-11-5-3-2-4-6-11/h2-8,14H,9-10H2,1H3. The van der Waals surface area contributed by atoms with E-state index < -0.39 is 10.1 Å². The van der Waals surface area contributed by atoms with E-state index in [0.29, 0.717) is 0 Å². The van der Waals surface area contributed by atoms with E-state index in [1.165, 1.54) is 5.56 Å². The van der Waals surface area contributed by atoms with Gasteiger partial charge in [0, 0.05) is 11.9 Å². The first kappa shape index (κ1) is 14.2. The smallest absolute Gasteiger partial charge is 0.264 e. The highest BCUT2D eigenvalue weighted by atomic mass is 32.2. The molecule has 0 aliphatic rings. The van der Waals surface area contributed by atoms with Crippen LogP contribution in [-0.4, -0.2) is 19.7 Å². The second-order valence-corrected chi connectivity index (χ2v) is 6.77. The number of rotatable bonds is 6. The summed E-state index contributed by atoms with van der Waals surface area (Å²) < 4.78 is 26.5. The minimum atomic E-state index is -3.39. The van der Waals surface area contributed by atoms with Crippen LogP contribution in [0.2, 0.25) is 0 Å². The van der Waals surface area contributed by atoms with E-state index in [0.717, 1.165) is 22.6 Å². The molecule has 0 aliphatic heterocycles. The Labute approximate surface area is 117 Å². The lowest BCUT2D eigenvalue weighted by molar-refractivity contribution is 0.312. The van der Waals surface area contributed by atoms with Gasteiger partial charge >= 0.3 is 0 Å². The molecule has 0 saturated carbocycles. The third-order valence-electron chi connectivity index (χ3n) is 2.39. The van der Waals surface area contributed by atoms with Crippen LogP contribution in [0.25, 0.3) is 0 Å². The first-order chi connectivity index (χ1) is 9.03. The van der Waals surface area contributed by atoms with Gasteiger partial charge in [0.05, 0.1) is 17.9 Å². The minimum Gasteiger partial charge on any atom is -0.356 e. The molecule has 1 aromatic heterocycles. The Hall–Kier alpha value is -1.24. The fourth-order valence-corrected chi connectivity index (χ4v) is 2.73. The van der Waals surface area contributed by atoms with Crippen LogP contribution in [0.1, 0.15) is 11.1 Å². The van der Waals surface area contributed by atoms with Crippen molar-refractivity contribution in [1.82, 2.24) is 4.98 Å². The predicted molar refractivity (Wildman–Crippen MR) is 76.4 cm³/mol. The van der Waals surface area contributed by atoms with Crippen molar-refractivity contribution in [2.75, 3.05) is 6.26 Å². The normalized spacial score (nSPS) is 11.6. The quantitative estimate of drug-likeness (QED) is 0.658. The summed E-state index contributed by atoms with van der Waals surface area (Å²) in [5.41, 5.74) is 2.07. The number of aromatic amines is 1. The molecule has 0 saturated heterocycles. The third-order valence-corrected chi connectivity index (χ3v) is 3.96. The Kier molecular flexibility index (Phi) is 4.68. The van der Waals surface area contributed by atoms with Gasteiger partial charge in [-0.05, 0) is 17.2 Å². The van der Waals surface area contributed by atoms with Crippen molar-refractivity contribution in [1.29, 1.82) is 0 Å². The fraction of sp³-hybridized carbons (Fsp3) is 0.231. The van der Waals surface area contributed by atoms with E-state index in [-0.39, 0.29) is 6.61 Å².